The highest BCUT2D eigenvalue weighted by Gasteiger charge is 2.65. The van der Waals surface area contributed by atoms with E-state index >= 15 is 0 Å². The molecule has 5 atom stereocenters. The van der Waals surface area contributed by atoms with Crippen LogP contribution in [0, 0.1) is 0 Å². The van der Waals surface area contributed by atoms with Gasteiger partial charge in [0.15, 0.2) is 29.8 Å². The third kappa shape index (κ3) is 3.99. The minimum atomic E-state index is -0.998. The predicted molar refractivity (Wildman–Crippen MR) is 118 cm³/mol. The molecule has 5 fully saturated rings. The summed E-state index contributed by atoms with van der Waals surface area (Å²) in [7, 11) is 0. The second kappa shape index (κ2) is 8.68. The monoisotopic (exact) mass is 472 g/mol. The number of benzene rings is 1. The van der Waals surface area contributed by atoms with Gasteiger partial charge in [-0.2, -0.15) is 0 Å². The lowest BCUT2D eigenvalue weighted by Crippen LogP contribution is -2.58. The zero-order chi connectivity index (χ0) is 23.3. The Morgan fingerprint density at radius 2 is 1.32 bits per heavy atom. The number of rotatable bonds is 3. The minimum Gasteiger partial charge on any atom is -0.425 e. The highest BCUT2D eigenvalue weighted by atomic mass is 16.9. The third-order valence-electron chi connectivity index (χ3n) is 7.82. The van der Waals surface area contributed by atoms with E-state index in [1.54, 1.807) is 24.3 Å². The molecule has 2 saturated carbocycles. The smallest absolute Gasteiger partial charge is 0.343 e. The van der Waals surface area contributed by atoms with E-state index in [1.165, 1.54) is 6.92 Å². The normalized spacial score (nSPS) is 35.6. The zero-order valence-electron chi connectivity index (χ0n) is 19.5. The van der Waals surface area contributed by atoms with Gasteiger partial charge in [0, 0.05) is 31.2 Å². The largest absolute Gasteiger partial charge is 0.425 e. The highest BCUT2D eigenvalue weighted by molar-refractivity contribution is 5.94. The van der Waals surface area contributed by atoms with E-state index in [-0.39, 0.29) is 5.78 Å². The van der Waals surface area contributed by atoms with Gasteiger partial charge < -0.3 is 28.4 Å². The van der Waals surface area contributed by atoms with Crippen LogP contribution in [0.3, 0.4) is 0 Å². The molecular weight excluding hydrogens is 440 g/mol. The number of hydrogen-bond donors (Lipinski definition) is 0. The lowest BCUT2D eigenvalue weighted by atomic mass is 9.94. The van der Waals surface area contributed by atoms with Crippen LogP contribution in [0.5, 0.6) is 5.75 Å². The summed E-state index contributed by atoms with van der Waals surface area (Å²) < 4.78 is 37.7. The molecule has 8 heteroatoms. The summed E-state index contributed by atoms with van der Waals surface area (Å²) in [6.45, 7) is 1.49. The average molecular weight is 473 g/mol. The minimum absolute atomic E-state index is 0.0494. The molecule has 1 aromatic carbocycles. The number of Topliss-reactive ketones (excluding diaryl/α,β-unsaturated/α-hetero) is 1. The van der Waals surface area contributed by atoms with Crippen molar-refractivity contribution in [2.45, 2.75) is 113 Å². The molecule has 2 aliphatic carbocycles. The molecule has 34 heavy (non-hydrogen) atoms. The molecule has 0 aromatic heterocycles. The Bertz CT molecular complexity index is 931. The van der Waals surface area contributed by atoms with Gasteiger partial charge in [-0.3, -0.25) is 4.79 Å². The quantitative estimate of drug-likeness (QED) is 0.370. The Kier molecular flexibility index (Phi) is 5.77. The van der Waals surface area contributed by atoms with Crippen molar-refractivity contribution in [1.29, 1.82) is 0 Å². The fraction of sp³-hybridized carbons (Fsp3) is 0.692. The summed E-state index contributed by atoms with van der Waals surface area (Å²) in [4.78, 5) is 24.9. The maximum Gasteiger partial charge on any atom is 0.343 e. The van der Waals surface area contributed by atoms with Crippen molar-refractivity contribution in [2.75, 3.05) is 0 Å². The van der Waals surface area contributed by atoms with E-state index in [1.807, 2.05) is 0 Å². The summed E-state index contributed by atoms with van der Waals surface area (Å²) in [5.41, 5.74) is 0.553. The van der Waals surface area contributed by atoms with Crippen molar-refractivity contribution in [3.63, 3.8) is 0 Å². The zero-order valence-corrected chi connectivity index (χ0v) is 19.5. The summed E-state index contributed by atoms with van der Waals surface area (Å²) in [5.74, 6) is -1.65. The topological polar surface area (TPSA) is 89.5 Å². The maximum atomic E-state index is 13.3. The number of ketones is 1. The Morgan fingerprint density at radius 1 is 0.765 bits per heavy atom. The Hall–Kier alpha value is -1.84. The van der Waals surface area contributed by atoms with Crippen LogP contribution in [0.2, 0.25) is 0 Å². The van der Waals surface area contributed by atoms with Crippen molar-refractivity contribution in [1.82, 2.24) is 0 Å². The van der Waals surface area contributed by atoms with Gasteiger partial charge in [0.1, 0.15) is 24.1 Å². The lowest BCUT2D eigenvalue weighted by molar-refractivity contribution is -0.250. The summed E-state index contributed by atoms with van der Waals surface area (Å²) >= 11 is 0. The van der Waals surface area contributed by atoms with E-state index in [0.717, 1.165) is 64.2 Å². The predicted octanol–water partition coefficient (Wildman–Crippen LogP) is 4.04. The fourth-order valence-corrected chi connectivity index (χ4v) is 6.08. The van der Waals surface area contributed by atoms with E-state index in [0.29, 0.717) is 11.3 Å². The molecule has 0 radical (unpaired) electrons. The molecule has 0 amide bonds. The van der Waals surface area contributed by atoms with Gasteiger partial charge in [0.2, 0.25) is 0 Å². The number of fused-ring (bicyclic) bond motifs is 3. The van der Waals surface area contributed by atoms with Crippen molar-refractivity contribution in [3.8, 4) is 5.75 Å². The highest BCUT2D eigenvalue weighted by Crippen LogP contribution is 2.51. The van der Waals surface area contributed by atoms with Crippen LogP contribution in [0.1, 0.15) is 81.5 Å². The first-order valence-corrected chi connectivity index (χ1v) is 12.7. The molecule has 3 saturated heterocycles. The lowest BCUT2D eigenvalue weighted by Gasteiger charge is -2.35. The standard InChI is InChI=1S/C26H32O8/c1-16(27)17-8-10-18(11-9-17)29-23(28)21-19-20(32-25(31-19)12-4-2-5-13-25)22-24(30-21)34-26(33-22)14-6-3-7-15-26/h8-11,19-22,24H,2-7,12-15H2,1H3/t19-,20-,21+,22+,24+/m0/s1. The van der Waals surface area contributed by atoms with Crippen LogP contribution in [0.4, 0.5) is 0 Å². The van der Waals surface area contributed by atoms with Gasteiger partial charge in [0.05, 0.1) is 0 Å². The number of hydrogen-bond acceptors (Lipinski definition) is 8. The average Bonchev–Trinajstić information content (AvgIpc) is 3.37. The van der Waals surface area contributed by atoms with Gasteiger partial charge in [-0.25, -0.2) is 4.79 Å². The summed E-state index contributed by atoms with van der Waals surface area (Å²) in [6, 6.07) is 6.49. The molecule has 1 aromatic rings. The molecule has 184 valence electrons. The second-order valence-electron chi connectivity index (χ2n) is 10.2. The first kappa shape index (κ1) is 22.6. The molecule has 3 aliphatic heterocycles. The van der Waals surface area contributed by atoms with Gasteiger partial charge in [-0.15, -0.1) is 0 Å². The Morgan fingerprint density at radius 3 is 1.94 bits per heavy atom. The molecular formula is C26H32O8. The van der Waals surface area contributed by atoms with E-state index in [9.17, 15) is 9.59 Å². The van der Waals surface area contributed by atoms with Gasteiger partial charge in [-0.1, -0.05) is 12.8 Å². The number of carbonyl (C=O) groups is 2. The van der Waals surface area contributed by atoms with E-state index in [4.69, 9.17) is 28.4 Å². The summed E-state index contributed by atoms with van der Waals surface area (Å²) in [5, 5.41) is 0. The van der Waals surface area contributed by atoms with Gasteiger partial charge in [-0.05, 0) is 56.9 Å². The van der Waals surface area contributed by atoms with Crippen molar-refractivity contribution in [2.24, 2.45) is 0 Å². The second-order valence-corrected chi connectivity index (χ2v) is 10.2. The van der Waals surface area contributed by atoms with E-state index < -0.39 is 48.2 Å². The summed E-state index contributed by atoms with van der Waals surface area (Å²) in [6.07, 6.45) is 6.39. The molecule has 0 N–H and O–H groups in total. The SMILES string of the molecule is CC(=O)c1ccc(OC(=O)[C@@H]2O[C@@H]3OC4(CCCCC4)O[C@@H]3[C@H]3OC4(CCCCC4)O[C@@H]32)cc1. The Labute approximate surface area is 199 Å². The van der Waals surface area contributed by atoms with Crippen LogP contribution < -0.4 is 4.74 Å². The third-order valence-corrected chi connectivity index (χ3v) is 7.82. The van der Waals surface area contributed by atoms with Crippen molar-refractivity contribution >= 4 is 11.8 Å². The van der Waals surface area contributed by atoms with E-state index in [2.05, 4.69) is 0 Å². The molecule has 3 heterocycles. The molecule has 8 nitrogen and oxygen atoms in total. The fourth-order valence-electron chi connectivity index (χ4n) is 6.08. The Balaban J connectivity index is 1.25. The number of esters is 1. The molecule has 5 aliphatic rings. The number of ether oxygens (including phenoxy) is 6. The molecule has 0 unspecified atom stereocenters. The molecule has 2 spiro atoms. The molecule has 6 rings (SSSR count). The van der Waals surface area contributed by atoms with Crippen molar-refractivity contribution < 1.29 is 38.0 Å². The van der Waals surface area contributed by atoms with Crippen molar-refractivity contribution in [3.05, 3.63) is 29.8 Å². The van der Waals surface area contributed by atoms with Crippen LogP contribution in [-0.2, 0) is 28.5 Å². The van der Waals surface area contributed by atoms with Gasteiger partial charge in [0.25, 0.3) is 0 Å². The van der Waals surface area contributed by atoms with Gasteiger partial charge >= 0.3 is 5.97 Å². The first-order chi connectivity index (χ1) is 16.5. The maximum absolute atomic E-state index is 13.3. The number of carbonyl (C=O) groups excluding carboxylic acids is 2. The van der Waals surface area contributed by atoms with Crippen LogP contribution in [-0.4, -0.2) is 54.0 Å². The molecule has 0 bridgehead atoms. The van der Waals surface area contributed by atoms with Crippen LogP contribution in [0.25, 0.3) is 0 Å². The first-order valence-electron chi connectivity index (χ1n) is 12.7. The van der Waals surface area contributed by atoms with Crippen LogP contribution >= 0.6 is 0 Å². The van der Waals surface area contributed by atoms with Crippen LogP contribution in [0.15, 0.2) is 24.3 Å².